The summed E-state index contributed by atoms with van der Waals surface area (Å²) in [6.07, 6.45) is 3.83. The van der Waals surface area contributed by atoms with Crippen molar-refractivity contribution in [3.05, 3.63) is 17.5 Å². The van der Waals surface area contributed by atoms with Crippen molar-refractivity contribution in [1.82, 2.24) is 19.8 Å². The maximum absolute atomic E-state index is 11.9. The number of nitrogens with zero attached hydrogens (tertiary/aromatic N) is 2. The van der Waals surface area contributed by atoms with E-state index in [1.165, 1.54) is 0 Å². The van der Waals surface area contributed by atoms with Gasteiger partial charge in [-0.25, -0.2) is 13.1 Å². The van der Waals surface area contributed by atoms with E-state index in [9.17, 15) is 8.42 Å². The van der Waals surface area contributed by atoms with Crippen molar-refractivity contribution < 1.29 is 8.42 Å². The molecular weight excluding hydrogens is 252 g/mol. The number of sulfonamides is 1. The van der Waals surface area contributed by atoms with Crippen LogP contribution in [-0.2, 0) is 23.6 Å². The molecule has 0 amide bonds. The largest absolute Gasteiger partial charge is 0.313 e. The van der Waals surface area contributed by atoms with Gasteiger partial charge in [-0.1, -0.05) is 0 Å². The lowest BCUT2D eigenvalue weighted by atomic mass is 10.3. The van der Waals surface area contributed by atoms with Gasteiger partial charge >= 0.3 is 0 Å². The van der Waals surface area contributed by atoms with E-state index in [0.29, 0.717) is 6.54 Å². The van der Waals surface area contributed by atoms with Crippen LogP contribution in [0.25, 0.3) is 0 Å². The fraction of sp³-hybridized carbons (Fsp3) is 0.727. The molecule has 1 atom stereocenters. The lowest BCUT2D eigenvalue weighted by Gasteiger charge is -2.11. The first-order valence-corrected chi connectivity index (χ1v) is 7.81. The van der Waals surface area contributed by atoms with Crippen LogP contribution in [0.2, 0.25) is 0 Å². The Morgan fingerprint density at radius 3 is 2.94 bits per heavy atom. The van der Waals surface area contributed by atoms with Crippen molar-refractivity contribution in [3.8, 4) is 0 Å². The van der Waals surface area contributed by atoms with Crippen molar-refractivity contribution in [2.75, 3.05) is 12.3 Å². The Balaban J connectivity index is 1.90. The molecule has 7 heteroatoms. The lowest BCUT2D eigenvalue weighted by molar-refractivity contribution is 0.563. The van der Waals surface area contributed by atoms with Gasteiger partial charge in [-0.2, -0.15) is 5.10 Å². The molecule has 0 aliphatic carbocycles. The summed E-state index contributed by atoms with van der Waals surface area (Å²) < 4.78 is 28.1. The predicted molar refractivity (Wildman–Crippen MR) is 69.6 cm³/mol. The van der Waals surface area contributed by atoms with E-state index >= 15 is 0 Å². The van der Waals surface area contributed by atoms with Gasteiger partial charge in [-0.3, -0.25) is 4.68 Å². The Kier molecular flexibility index (Phi) is 4.04. The molecule has 1 aromatic rings. The molecule has 6 nitrogen and oxygen atoms in total. The highest BCUT2D eigenvalue weighted by Crippen LogP contribution is 2.08. The predicted octanol–water partition coefficient (Wildman–Crippen LogP) is -0.100. The summed E-state index contributed by atoms with van der Waals surface area (Å²) in [6.45, 7) is 3.11. The van der Waals surface area contributed by atoms with E-state index in [0.717, 1.165) is 30.6 Å². The van der Waals surface area contributed by atoms with Gasteiger partial charge in [0, 0.05) is 31.4 Å². The fourth-order valence-electron chi connectivity index (χ4n) is 2.23. The minimum absolute atomic E-state index is 0.0949. The minimum atomic E-state index is -3.22. The van der Waals surface area contributed by atoms with Crippen LogP contribution in [-0.4, -0.2) is 36.5 Å². The molecule has 102 valence electrons. The van der Waals surface area contributed by atoms with Gasteiger partial charge in [0.1, 0.15) is 0 Å². The van der Waals surface area contributed by atoms with Crippen molar-refractivity contribution in [2.45, 2.75) is 32.4 Å². The lowest BCUT2D eigenvalue weighted by Crippen LogP contribution is -2.36. The average Bonchev–Trinajstić information content (AvgIpc) is 2.85. The van der Waals surface area contributed by atoms with Crippen molar-refractivity contribution >= 4 is 10.0 Å². The third kappa shape index (κ3) is 3.54. The zero-order valence-electron chi connectivity index (χ0n) is 10.8. The van der Waals surface area contributed by atoms with Crippen LogP contribution in [0.5, 0.6) is 0 Å². The molecular formula is C11H20N4O2S. The van der Waals surface area contributed by atoms with Crippen LogP contribution in [0.15, 0.2) is 6.20 Å². The first kappa shape index (κ1) is 13.5. The molecule has 1 aromatic heterocycles. The molecule has 0 saturated carbocycles. The fourth-order valence-corrected chi connectivity index (χ4v) is 3.54. The molecule has 1 fully saturated rings. The van der Waals surface area contributed by atoms with Gasteiger partial charge in [0.05, 0.1) is 11.4 Å². The highest BCUT2D eigenvalue weighted by molar-refractivity contribution is 7.89. The summed E-state index contributed by atoms with van der Waals surface area (Å²) in [7, 11) is -1.39. The second-order valence-corrected chi connectivity index (χ2v) is 6.66. The first-order chi connectivity index (χ1) is 8.46. The number of aryl methyl sites for hydroxylation is 2. The zero-order chi connectivity index (χ0) is 13.2. The number of aromatic nitrogens is 2. The van der Waals surface area contributed by atoms with Crippen molar-refractivity contribution in [2.24, 2.45) is 7.05 Å². The average molecular weight is 272 g/mol. The van der Waals surface area contributed by atoms with Crippen LogP contribution in [0.3, 0.4) is 0 Å². The molecule has 2 heterocycles. The van der Waals surface area contributed by atoms with Gasteiger partial charge in [0.15, 0.2) is 0 Å². The molecule has 0 spiro atoms. The van der Waals surface area contributed by atoms with E-state index in [4.69, 9.17) is 0 Å². The zero-order valence-corrected chi connectivity index (χ0v) is 11.6. The Hall–Kier alpha value is -0.920. The van der Waals surface area contributed by atoms with Crippen molar-refractivity contribution in [3.63, 3.8) is 0 Å². The van der Waals surface area contributed by atoms with Crippen LogP contribution in [0, 0.1) is 6.92 Å². The molecule has 18 heavy (non-hydrogen) atoms. The smallest absolute Gasteiger partial charge is 0.213 e. The highest BCUT2D eigenvalue weighted by atomic mass is 32.2. The van der Waals surface area contributed by atoms with E-state index < -0.39 is 10.0 Å². The minimum Gasteiger partial charge on any atom is -0.313 e. The standard InChI is InChI=1S/C11H20N4O2S/c1-9-10(7-15(2)14-9)6-13-18(16,17)8-11-4-3-5-12-11/h7,11-13H,3-6,8H2,1-2H3. The molecule has 1 saturated heterocycles. The molecule has 1 aliphatic rings. The van der Waals surface area contributed by atoms with Crippen LogP contribution in [0.1, 0.15) is 24.1 Å². The van der Waals surface area contributed by atoms with Crippen LogP contribution < -0.4 is 10.0 Å². The quantitative estimate of drug-likeness (QED) is 0.785. The normalized spacial score (nSPS) is 20.4. The topological polar surface area (TPSA) is 76.0 Å². The summed E-state index contributed by atoms with van der Waals surface area (Å²) in [5.74, 6) is 0.159. The molecule has 2 rings (SSSR count). The Labute approximate surface area is 108 Å². The van der Waals surface area contributed by atoms with Crippen LogP contribution >= 0.6 is 0 Å². The number of nitrogens with one attached hydrogen (secondary N) is 2. The third-order valence-electron chi connectivity index (χ3n) is 3.18. The molecule has 0 bridgehead atoms. The maximum atomic E-state index is 11.9. The van der Waals surface area contributed by atoms with Crippen molar-refractivity contribution in [1.29, 1.82) is 0 Å². The van der Waals surface area contributed by atoms with Gasteiger partial charge in [0.2, 0.25) is 10.0 Å². The van der Waals surface area contributed by atoms with Gasteiger partial charge in [-0.15, -0.1) is 0 Å². The van der Waals surface area contributed by atoms with E-state index in [1.54, 1.807) is 4.68 Å². The van der Waals surface area contributed by atoms with Gasteiger partial charge in [0.25, 0.3) is 0 Å². The number of hydrogen-bond acceptors (Lipinski definition) is 4. The summed E-state index contributed by atoms with van der Waals surface area (Å²) in [5, 5.41) is 7.38. The second kappa shape index (κ2) is 5.38. The molecule has 1 aliphatic heterocycles. The monoisotopic (exact) mass is 272 g/mol. The molecule has 0 radical (unpaired) electrons. The molecule has 2 N–H and O–H groups in total. The number of rotatable bonds is 5. The SMILES string of the molecule is Cc1nn(C)cc1CNS(=O)(=O)CC1CCCN1. The molecule has 0 aromatic carbocycles. The summed E-state index contributed by atoms with van der Waals surface area (Å²) in [6, 6.07) is 0.0949. The first-order valence-electron chi connectivity index (χ1n) is 6.16. The Bertz CT molecular complexity index is 503. The summed E-state index contributed by atoms with van der Waals surface area (Å²) in [4.78, 5) is 0. The Morgan fingerprint density at radius 2 is 2.39 bits per heavy atom. The highest BCUT2D eigenvalue weighted by Gasteiger charge is 2.21. The Morgan fingerprint density at radius 1 is 1.61 bits per heavy atom. The van der Waals surface area contributed by atoms with E-state index in [-0.39, 0.29) is 11.8 Å². The maximum Gasteiger partial charge on any atom is 0.213 e. The third-order valence-corrected chi connectivity index (χ3v) is 4.61. The summed E-state index contributed by atoms with van der Waals surface area (Å²) in [5.41, 5.74) is 1.78. The van der Waals surface area contributed by atoms with Crippen LogP contribution in [0.4, 0.5) is 0 Å². The number of hydrogen-bond donors (Lipinski definition) is 2. The van der Waals surface area contributed by atoms with E-state index in [1.807, 2.05) is 20.2 Å². The van der Waals surface area contributed by atoms with Gasteiger partial charge < -0.3 is 5.32 Å². The second-order valence-electron chi connectivity index (χ2n) is 4.81. The molecule has 1 unspecified atom stereocenters. The summed E-state index contributed by atoms with van der Waals surface area (Å²) >= 11 is 0. The van der Waals surface area contributed by atoms with E-state index in [2.05, 4.69) is 15.1 Å². The van der Waals surface area contributed by atoms with Gasteiger partial charge in [-0.05, 0) is 26.3 Å².